The van der Waals surface area contributed by atoms with Gasteiger partial charge < -0.3 is 9.80 Å². The van der Waals surface area contributed by atoms with Gasteiger partial charge in [0.25, 0.3) is 0 Å². The fourth-order valence-electron chi connectivity index (χ4n) is 9.89. The molecule has 2 aliphatic rings. The van der Waals surface area contributed by atoms with Crippen molar-refractivity contribution in [1.82, 2.24) is 0 Å². The first-order valence-electron chi connectivity index (χ1n) is 22.3. The van der Waals surface area contributed by atoms with Crippen LogP contribution in [0.5, 0.6) is 0 Å². The molecular formula is C62H40F2N2. The number of nitrogens with zero attached hydrogens (tertiary/aromatic N) is 2. The van der Waals surface area contributed by atoms with E-state index < -0.39 is 0 Å². The van der Waals surface area contributed by atoms with Gasteiger partial charge in [0.05, 0.1) is 22.7 Å². The molecule has 0 radical (unpaired) electrons. The van der Waals surface area contributed by atoms with Crippen LogP contribution in [0.1, 0.15) is 6.42 Å². The van der Waals surface area contributed by atoms with Gasteiger partial charge >= 0.3 is 0 Å². The summed E-state index contributed by atoms with van der Waals surface area (Å²) in [5.74, 6) is -0.656. The third-order valence-corrected chi connectivity index (χ3v) is 12.9. The Labute approximate surface area is 381 Å². The first kappa shape index (κ1) is 39.1. The molecule has 312 valence electrons. The van der Waals surface area contributed by atoms with E-state index in [1.807, 2.05) is 158 Å². The van der Waals surface area contributed by atoms with Crippen LogP contribution >= 0.6 is 0 Å². The third-order valence-electron chi connectivity index (χ3n) is 12.9. The topological polar surface area (TPSA) is 6.48 Å². The second kappa shape index (κ2) is 16.2. The summed E-state index contributed by atoms with van der Waals surface area (Å²) in [6, 6.07) is 70.4. The van der Waals surface area contributed by atoms with E-state index in [0.29, 0.717) is 17.8 Å². The molecule has 0 saturated heterocycles. The first-order valence-corrected chi connectivity index (χ1v) is 22.3. The number of hydrogen-bond donors (Lipinski definition) is 0. The monoisotopic (exact) mass is 850 g/mol. The van der Waals surface area contributed by atoms with Crippen LogP contribution < -0.4 is 20.2 Å². The highest BCUT2D eigenvalue weighted by Crippen LogP contribution is 2.48. The number of hydrogen-bond acceptors (Lipinski definition) is 2. The van der Waals surface area contributed by atoms with Crippen molar-refractivity contribution in [2.24, 2.45) is 0 Å². The predicted octanol–water partition coefficient (Wildman–Crippen LogP) is 15.5. The molecule has 2 aliphatic carbocycles. The molecule has 0 N–H and O–H groups in total. The zero-order valence-electron chi connectivity index (χ0n) is 35.8. The highest BCUT2D eigenvalue weighted by molar-refractivity contribution is 6.16. The number of para-hydroxylation sites is 1. The van der Waals surface area contributed by atoms with Crippen LogP contribution in [-0.2, 0) is 0 Å². The highest BCUT2D eigenvalue weighted by atomic mass is 19.1. The minimum Gasteiger partial charge on any atom is -0.309 e. The normalized spacial score (nSPS) is 12.4. The Hall–Kier alpha value is -8.56. The van der Waals surface area contributed by atoms with E-state index in [2.05, 4.69) is 76.2 Å². The molecule has 0 aromatic heterocycles. The molecule has 0 fully saturated rings. The van der Waals surface area contributed by atoms with Crippen molar-refractivity contribution in [1.29, 1.82) is 0 Å². The van der Waals surface area contributed by atoms with Gasteiger partial charge in [-0.25, -0.2) is 8.78 Å². The zero-order valence-corrected chi connectivity index (χ0v) is 35.8. The van der Waals surface area contributed by atoms with Crippen LogP contribution in [0.15, 0.2) is 236 Å². The molecule has 0 spiro atoms. The summed E-state index contributed by atoms with van der Waals surface area (Å²) in [6.45, 7) is 0. The van der Waals surface area contributed by atoms with E-state index in [1.54, 1.807) is 12.1 Å². The van der Waals surface area contributed by atoms with Crippen LogP contribution in [0.3, 0.4) is 0 Å². The average molecular weight is 851 g/mol. The largest absolute Gasteiger partial charge is 0.309 e. The van der Waals surface area contributed by atoms with Crippen molar-refractivity contribution < 1.29 is 8.78 Å². The van der Waals surface area contributed by atoms with Gasteiger partial charge in [0, 0.05) is 55.5 Å². The summed E-state index contributed by atoms with van der Waals surface area (Å²) < 4.78 is 35.0. The Morgan fingerprint density at radius 3 is 1.47 bits per heavy atom. The molecular weight excluding hydrogens is 811 g/mol. The number of allylic oxidation sites excluding steroid dienone is 3. The smallest absolute Gasteiger partial charge is 0.148 e. The quantitative estimate of drug-likeness (QED) is 0.127. The molecule has 0 amide bonds. The highest BCUT2D eigenvalue weighted by Gasteiger charge is 2.29. The molecule has 10 aromatic carbocycles. The predicted molar refractivity (Wildman–Crippen MR) is 270 cm³/mol. The lowest BCUT2D eigenvalue weighted by Gasteiger charge is -2.30. The molecule has 4 heteroatoms. The van der Waals surface area contributed by atoms with Crippen LogP contribution in [0.4, 0.5) is 37.2 Å². The Morgan fingerprint density at radius 2 is 0.924 bits per heavy atom. The molecule has 0 heterocycles. The minimum atomic E-state index is -0.336. The van der Waals surface area contributed by atoms with E-state index in [0.717, 1.165) is 99.2 Å². The summed E-state index contributed by atoms with van der Waals surface area (Å²) in [5.41, 5.74) is 15.1. The van der Waals surface area contributed by atoms with Crippen LogP contribution in [-0.4, -0.2) is 0 Å². The van der Waals surface area contributed by atoms with Gasteiger partial charge in [-0.2, -0.15) is 0 Å². The average Bonchev–Trinajstić information content (AvgIpc) is 4.06. The van der Waals surface area contributed by atoms with Gasteiger partial charge in [0.2, 0.25) is 0 Å². The summed E-state index contributed by atoms with van der Waals surface area (Å²) in [6.07, 6.45) is 6.87. The van der Waals surface area contributed by atoms with E-state index >= 15 is 8.78 Å². The fourth-order valence-corrected chi connectivity index (χ4v) is 9.89. The minimum absolute atomic E-state index is 0.320. The van der Waals surface area contributed by atoms with Crippen LogP contribution in [0.25, 0.3) is 71.8 Å². The van der Waals surface area contributed by atoms with Crippen molar-refractivity contribution in [3.63, 3.8) is 0 Å². The summed E-state index contributed by atoms with van der Waals surface area (Å²) in [7, 11) is 0. The standard InChI is InChI=1S/C62H40F2N2/c63-55-39-47(41-18-6-1-7-19-41)37-52(43-22-10-3-11-23-43)61(55)65(49-26-14-5-15-27-49)57-35-32-46-36-54-58(34-31-45-30-33-51(57)60(46)59(45)54)66(50-28-16-17-29-50)62-53(44-24-12-4-13-25-44)38-48(40-56(62)64)42-20-8-2-9-21-42/h1-28,30-35,37-40H,29H2. The molecule has 12 rings (SSSR count). The van der Waals surface area contributed by atoms with Crippen molar-refractivity contribution >= 4 is 55.7 Å². The molecule has 0 saturated carbocycles. The number of rotatable bonds is 10. The maximum Gasteiger partial charge on any atom is 0.148 e. The van der Waals surface area contributed by atoms with Gasteiger partial charge in [-0.15, -0.1) is 5.73 Å². The second-order valence-corrected chi connectivity index (χ2v) is 16.8. The van der Waals surface area contributed by atoms with E-state index in [1.165, 1.54) is 0 Å². The Bertz CT molecular complexity index is 3710. The molecule has 0 unspecified atom stereocenters. The summed E-state index contributed by atoms with van der Waals surface area (Å²) in [5, 5.41) is 5.86. The Morgan fingerprint density at radius 1 is 0.424 bits per heavy atom. The number of halogens is 2. The van der Waals surface area contributed by atoms with Crippen LogP contribution in [0, 0.1) is 11.6 Å². The lowest BCUT2D eigenvalue weighted by atomic mass is 9.94. The summed E-state index contributed by atoms with van der Waals surface area (Å²) >= 11 is 0. The van der Waals surface area contributed by atoms with Crippen molar-refractivity contribution in [3.8, 4) is 44.5 Å². The number of anilines is 5. The molecule has 0 aliphatic heterocycles. The van der Waals surface area contributed by atoms with Gasteiger partial charge in [-0.1, -0.05) is 170 Å². The molecule has 10 aromatic rings. The van der Waals surface area contributed by atoms with E-state index in [4.69, 9.17) is 0 Å². The molecule has 0 bridgehead atoms. The van der Waals surface area contributed by atoms with Crippen LogP contribution in [0.2, 0.25) is 0 Å². The lowest BCUT2D eigenvalue weighted by molar-refractivity contribution is 0.628. The first-order chi connectivity index (χ1) is 32.6. The van der Waals surface area contributed by atoms with Crippen molar-refractivity contribution in [3.05, 3.63) is 258 Å². The maximum atomic E-state index is 17.5. The van der Waals surface area contributed by atoms with Gasteiger partial charge in [-0.05, 0) is 99.4 Å². The van der Waals surface area contributed by atoms with Gasteiger partial charge in [0.1, 0.15) is 11.6 Å². The van der Waals surface area contributed by atoms with Crippen molar-refractivity contribution in [2.45, 2.75) is 6.42 Å². The molecule has 2 nitrogen and oxygen atoms in total. The van der Waals surface area contributed by atoms with E-state index in [9.17, 15) is 0 Å². The fraction of sp³-hybridized carbons (Fsp3) is 0.0161. The van der Waals surface area contributed by atoms with Crippen molar-refractivity contribution in [2.75, 3.05) is 9.80 Å². The van der Waals surface area contributed by atoms with E-state index in [-0.39, 0.29) is 11.6 Å². The van der Waals surface area contributed by atoms with Gasteiger partial charge in [0.15, 0.2) is 0 Å². The Balaban J connectivity index is 1.10. The third kappa shape index (κ3) is 6.63. The maximum absolute atomic E-state index is 17.5. The SMILES string of the molecule is Fc1cc(-c2ccccc2)cc(-c2ccccc2)c1N(C1=CC=CC1)c1ccc2ccc3c(N(c4ccccc4)c4c(F)cc(-c5ccccc5)cc4-c4ccccc4)ccc4c3c2c1=C=4. The summed E-state index contributed by atoms with van der Waals surface area (Å²) in [4.78, 5) is 4.17. The number of benzene rings is 10. The van der Waals surface area contributed by atoms with Gasteiger partial charge in [-0.3, -0.25) is 0 Å². The Kier molecular flexibility index (Phi) is 9.60. The zero-order chi connectivity index (χ0) is 44.1. The molecule has 0 atom stereocenters. The second-order valence-electron chi connectivity index (χ2n) is 16.8. The molecule has 66 heavy (non-hydrogen) atoms. The lowest BCUT2D eigenvalue weighted by Crippen LogP contribution is -2.24.